The lowest BCUT2D eigenvalue weighted by Gasteiger charge is -2.10. The highest BCUT2D eigenvalue weighted by Crippen LogP contribution is 2.26. The van der Waals surface area contributed by atoms with E-state index in [1.54, 1.807) is 6.07 Å². The van der Waals surface area contributed by atoms with E-state index in [0.717, 1.165) is 0 Å². The summed E-state index contributed by atoms with van der Waals surface area (Å²) in [5.74, 6) is 0.631. The van der Waals surface area contributed by atoms with Crippen molar-refractivity contribution in [1.82, 2.24) is 0 Å². The monoisotopic (exact) mass is 271 g/mol. The number of aromatic carboxylic acids is 1. The third-order valence-electron chi connectivity index (χ3n) is 3.04. The molecule has 0 spiro atoms. The summed E-state index contributed by atoms with van der Waals surface area (Å²) in [6, 6.07) is 12.3. The molecule has 0 radical (unpaired) electrons. The molecule has 0 unspecified atom stereocenters. The summed E-state index contributed by atoms with van der Waals surface area (Å²) in [6.07, 6.45) is 0. The average molecular weight is 271 g/mol. The third kappa shape index (κ3) is 3.09. The van der Waals surface area contributed by atoms with Crippen molar-refractivity contribution in [3.8, 4) is 11.5 Å². The van der Waals surface area contributed by atoms with E-state index in [2.05, 4.69) is 13.8 Å². The Morgan fingerprint density at radius 1 is 1.10 bits per heavy atom. The van der Waals surface area contributed by atoms with Gasteiger partial charge in [0, 0.05) is 11.8 Å². The molecule has 2 aromatic carbocycles. The lowest BCUT2D eigenvalue weighted by molar-refractivity contribution is 0.0698. The first-order chi connectivity index (χ1) is 9.47. The van der Waals surface area contributed by atoms with Gasteiger partial charge in [0.05, 0.1) is 5.56 Å². The lowest BCUT2D eigenvalue weighted by Crippen LogP contribution is -2.02. The highest BCUT2D eigenvalue weighted by atomic mass is 16.5. The van der Waals surface area contributed by atoms with Crippen LogP contribution in [0.15, 0.2) is 42.5 Å². The molecule has 20 heavy (non-hydrogen) atoms. The second kappa shape index (κ2) is 5.65. The summed E-state index contributed by atoms with van der Waals surface area (Å²) in [5.41, 5.74) is 7.18. The van der Waals surface area contributed by atoms with Gasteiger partial charge in [0.25, 0.3) is 0 Å². The van der Waals surface area contributed by atoms with Crippen LogP contribution in [0.3, 0.4) is 0 Å². The first-order valence-corrected chi connectivity index (χ1v) is 6.38. The maximum Gasteiger partial charge on any atom is 0.337 e. The minimum atomic E-state index is -1.05. The zero-order valence-corrected chi connectivity index (χ0v) is 11.5. The molecule has 0 aliphatic heterocycles. The number of anilines is 1. The van der Waals surface area contributed by atoms with Crippen molar-refractivity contribution >= 4 is 11.7 Å². The second-order valence-corrected chi connectivity index (χ2v) is 4.88. The Labute approximate surface area is 117 Å². The largest absolute Gasteiger partial charge is 0.478 e. The van der Waals surface area contributed by atoms with Crippen molar-refractivity contribution < 1.29 is 14.6 Å². The van der Waals surface area contributed by atoms with Gasteiger partial charge in [-0.3, -0.25) is 0 Å². The van der Waals surface area contributed by atoms with Crippen LogP contribution < -0.4 is 10.5 Å². The molecule has 4 nitrogen and oxygen atoms in total. The fourth-order valence-electron chi connectivity index (χ4n) is 1.86. The Bertz CT molecular complexity index is 618. The van der Waals surface area contributed by atoms with Crippen molar-refractivity contribution in [3.63, 3.8) is 0 Å². The summed E-state index contributed by atoms with van der Waals surface area (Å²) in [4.78, 5) is 10.9. The molecule has 2 rings (SSSR count). The molecule has 0 aliphatic carbocycles. The van der Waals surface area contributed by atoms with Crippen molar-refractivity contribution in [2.45, 2.75) is 19.8 Å². The molecule has 0 aromatic heterocycles. The standard InChI is InChI=1S/C16H17NO3/c1-10(2)11-3-5-12(6-4-11)20-13-7-8-14(16(18)19)15(17)9-13/h3-10H,17H2,1-2H3,(H,18,19). The molecule has 2 aromatic rings. The van der Waals surface area contributed by atoms with Crippen LogP contribution in [-0.4, -0.2) is 11.1 Å². The molecule has 3 N–H and O–H groups in total. The van der Waals surface area contributed by atoms with E-state index in [1.165, 1.54) is 17.7 Å². The van der Waals surface area contributed by atoms with E-state index in [-0.39, 0.29) is 11.3 Å². The van der Waals surface area contributed by atoms with Crippen LogP contribution in [0.5, 0.6) is 11.5 Å². The number of nitrogen functional groups attached to an aromatic ring is 1. The molecular formula is C16H17NO3. The minimum Gasteiger partial charge on any atom is -0.478 e. The Balaban J connectivity index is 2.17. The van der Waals surface area contributed by atoms with E-state index in [4.69, 9.17) is 15.6 Å². The maximum atomic E-state index is 10.9. The zero-order valence-electron chi connectivity index (χ0n) is 11.5. The minimum absolute atomic E-state index is 0.0764. The zero-order chi connectivity index (χ0) is 14.7. The highest BCUT2D eigenvalue weighted by Gasteiger charge is 2.09. The van der Waals surface area contributed by atoms with Gasteiger partial charge in [0.1, 0.15) is 11.5 Å². The summed E-state index contributed by atoms with van der Waals surface area (Å²) in [5, 5.41) is 8.91. The topological polar surface area (TPSA) is 72.5 Å². The van der Waals surface area contributed by atoms with E-state index in [1.807, 2.05) is 24.3 Å². The van der Waals surface area contributed by atoms with E-state index in [0.29, 0.717) is 17.4 Å². The summed E-state index contributed by atoms with van der Waals surface area (Å²) >= 11 is 0. The van der Waals surface area contributed by atoms with Gasteiger partial charge in [-0.1, -0.05) is 26.0 Å². The first-order valence-electron chi connectivity index (χ1n) is 6.38. The van der Waals surface area contributed by atoms with Crippen molar-refractivity contribution in [2.24, 2.45) is 0 Å². The van der Waals surface area contributed by atoms with Crippen LogP contribution >= 0.6 is 0 Å². The summed E-state index contributed by atoms with van der Waals surface area (Å²) in [7, 11) is 0. The number of carboxylic acids is 1. The van der Waals surface area contributed by atoms with Crippen molar-refractivity contribution in [3.05, 3.63) is 53.6 Å². The fourth-order valence-corrected chi connectivity index (χ4v) is 1.86. The summed E-state index contributed by atoms with van der Waals surface area (Å²) in [6.45, 7) is 4.25. The Kier molecular flexibility index (Phi) is 3.94. The number of nitrogens with two attached hydrogens (primary N) is 1. The lowest BCUT2D eigenvalue weighted by atomic mass is 10.0. The number of carboxylic acid groups (broad SMARTS) is 1. The van der Waals surface area contributed by atoms with Gasteiger partial charge in [-0.05, 0) is 35.7 Å². The number of hydrogen-bond donors (Lipinski definition) is 2. The number of carbonyl (C=O) groups is 1. The van der Waals surface area contributed by atoms with Gasteiger partial charge >= 0.3 is 5.97 Å². The maximum absolute atomic E-state index is 10.9. The van der Waals surface area contributed by atoms with Crippen LogP contribution in [0.4, 0.5) is 5.69 Å². The SMILES string of the molecule is CC(C)c1ccc(Oc2ccc(C(=O)O)c(N)c2)cc1. The van der Waals surface area contributed by atoms with Crippen LogP contribution in [0, 0.1) is 0 Å². The van der Waals surface area contributed by atoms with Crippen LogP contribution in [0.1, 0.15) is 35.7 Å². The Hall–Kier alpha value is -2.49. The number of benzene rings is 2. The average Bonchev–Trinajstić information content (AvgIpc) is 2.39. The van der Waals surface area contributed by atoms with Crippen molar-refractivity contribution in [1.29, 1.82) is 0 Å². The molecule has 0 bridgehead atoms. The molecule has 0 saturated heterocycles. The number of hydrogen-bond acceptors (Lipinski definition) is 3. The van der Waals surface area contributed by atoms with Crippen molar-refractivity contribution in [2.75, 3.05) is 5.73 Å². The van der Waals surface area contributed by atoms with Crippen LogP contribution in [0.25, 0.3) is 0 Å². The smallest absolute Gasteiger partial charge is 0.337 e. The van der Waals surface area contributed by atoms with E-state index >= 15 is 0 Å². The highest BCUT2D eigenvalue weighted by molar-refractivity contribution is 5.93. The van der Waals surface area contributed by atoms with Crippen LogP contribution in [-0.2, 0) is 0 Å². The summed E-state index contributed by atoms with van der Waals surface area (Å²) < 4.78 is 5.66. The molecule has 0 fully saturated rings. The Morgan fingerprint density at radius 2 is 1.70 bits per heavy atom. The molecule has 4 heteroatoms. The van der Waals surface area contributed by atoms with E-state index < -0.39 is 5.97 Å². The quantitative estimate of drug-likeness (QED) is 0.828. The van der Waals surface area contributed by atoms with Gasteiger partial charge in [-0.15, -0.1) is 0 Å². The predicted octanol–water partition coefficient (Wildman–Crippen LogP) is 3.88. The normalized spacial score (nSPS) is 10.6. The molecule has 0 atom stereocenters. The third-order valence-corrected chi connectivity index (χ3v) is 3.04. The van der Waals surface area contributed by atoms with Crippen LogP contribution in [0.2, 0.25) is 0 Å². The molecular weight excluding hydrogens is 254 g/mol. The second-order valence-electron chi connectivity index (χ2n) is 4.88. The molecule has 0 heterocycles. The van der Waals surface area contributed by atoms with Gasteiger partial charge in [-0.25, -0.2) is 4.79 Å². The molecule has 0 saturated carbocycles. The predicted molar refractivity (Wildman–Crippen MR) is 78.4 cm³/mol. The van der Waals surface area contributed by atoms with Gasteiger partial charge in [0.15, 0.2) is 0 Å². The number of ether oxygens (including phenoxy) is 1. The van der Waals surface area contributed by atoms with E-state index in [9.17, 15) is 4.79 Å². The van der Waals surface area contributed by atoms with Gasteiger partial charge in [-0.2, -0.15) is 0 Å². The number of rotatable bonds is 4. The molecule has 0 aliphatic rings. The fraction of sp³-hybridized carbons (Fsp3) is 0.188. The Morgan fingerprint density at radius 3 is 2.20 bits per heavy atom. The molecule has 0 amide bonds. The van der Waals surface area contributed by atoms with Gasteiger partial charge in [0.2, 0.25) is 0 Å². The molecule has 104 valence electrons. The first kappa shape index (κ1) is 13.9. The van der Waals surface area contributed by atoms with Gasteiger partial charge < -0.3 is 15.6 Å².